The third-order valence-electron chi connectivity index (χ3n) is 1.66. The van der Waals surface area contributed by atoms with Gasteiger partial charge in [-0.3, -0.25) is 0 Å². The first-order chi connectivity index (χ1) is 5.91. The Hall–Kier alpha value is 0.0187. The van der Waals surface area contributed by atoms with Gasteiger partial charge in [0.2, 0.25) is 0 Å². The molecule has 0 nitrogen and oxygen atoms in total. The van der Waals surface area contributed by atoms with Crippen molar-refractivity contribution in [2.45, 2.75) is 34.1 Å². The predicted molar refractivity (Wildman–Crippen MR) is 64.6 cm³/mol. The molecule has 0 spiro atoms. The molecule has 0 aromatic carbocycles. The molecule has 0 fully saturated rings. The Morgan fingerprint density at radius 2 is 1.00 bits per heavy atom. The van der Waals surface area contributed by atoms with Gasteiger partial charge in [0, 0.05) is 0 Å². The van der Waals surface area contributed by atoms with Crippen LogP contribution in [0.2, 0.25) is 13.3 Å². The summed E-state index contributed by atoms with van der Waals surface area (Å²) in [5.74, 6) is 0. The molecule has 0 saturated heterocycles. The molecule has 0 aromatic heterocycles. The summed E-state index contributed by atoms with van der Waals surface area (Å²) in [7, 11) is 0. The van der Waals surface area contributed by atoms with E-state index in [1.54, 1.807) is 0 Å². The number of hydrogen-bond acceptors (Lipinski definition) is 0. The van der Waals surface area contributed by atoms with Crippen molar-refractivity contribution in [2.75, 3.05) is 0 Å². The summed E-state index contributed by atoms with van der Waals surface area (Å²) in [6, 6.07) is 0. The van der Waals surface area contributed by atoms with E-state index in [-0.39, 0.29) is 0 Å². The Balaban J connectivity index is 4.10. The average Bonchev–Trinajstić information content (AvgIpc) is 1.80. The van der Waals surface area contributed by atoms with Crippen LogP contribution in [0.3, 0.4) is 0 Å². The molecular formula is C12H21Sn+. The van der Waals surface area contributed by atoms with Gasteiger partial charge in [-0.05, 0) is 0 Å². The van der Waals surface area contributed by atoms with Crippen LogP contribution < -0.4 is 0 Å². The second-order valence-corrected chi connectivity index (χ2v) is 11.5. The van der Waals surface area contributed by atoms with Crippen LogP contribution in [0.1, 0.15) is 20.8 Å². The Morgan fingerprint density at radius 1 is 0.769 bits per heavy atom. The van der Waals surface area contributed by atoms with E-state index in [1.165, 1.54) is 30.0 Å². The summed E-state index contributed by atoms with van der Waals surface area (Å²) < 4.78 is 3.88. The van der Waals surface area contributed by atoms with Gasteiger partial charge in [0.25, 0.3) is 0 Å². The first-order valence-corrected chi connectivity index (χ1v) is 10.7. The maximum atomic E-state index is 4.00. The van der Waals surface area contributed by atoms with Crippen molar-refractivity contribution in [2.24, 2.45) is 0 Å². The van der Waals surface area contributed by atoms with Gasteiger partial charge in [-0.1, -0.05) is 0 Å². The molecular weight excluding hydrogens is 263 g/mol. The molecule has 0 heterocycles. The van der Waals surface area contributed by atoms with Crippen LogP contribution in [0.4, 0.5) is 0 Å². The Kier molecular flexibility index (Phi) is 6.48. The molecule has 0 N–H and O–H groups in total. The minimum absolute atomic E-state index is 1.27. The molecule has 0 aliphatic heterocycles. The van der Waals surface area contributed by atoms with Gasteiger partial charge < -0.3 is 0 Å². The monoisotopic (exact) mass is 285 g/mol. The molecule has 1 heteroatoms. The van der Waals surface area contributed by atoms with E-state index in [1.807, 2.05) is 0 Å². The second kappa shape index (κ2) is 6.47. The van der Waals surface area contributed by atoms with Crippen molar-refractivity contribution >= 4 is 19.8 Å². The van der Waals surface area contributed by atoms with Crippen LogP contribution >= 0.6 is 0 Å². The van der Waals surface area contributed by atoms with E-state index in [2.05, 4.69) is 40.5 Å². The molecule has 0 atom stereocenters. The molecule has 0 amide bonds. The number of rotatable bonds is 6. The second-order valence-electron chi connectivity index (χ2n) is 4.15. The van der Waals surface area contributed by atoms with Crippen LogP contribution in [-0.4, -0.2) is 19.8 Å². The summed E-state index contributed by atoms with van der Waals surface area (Å²) in [6.07, 6.45) is 0. The van der Waals surface area contributed by atoms with Gasteiger partial charge in [0.05, 0.1) is 0 Å². The molecule has 13 heavy (non-hydrogen) atoms. The Bertz CT molecular complexity index is 175. The van der Waals surface area contributed by atoms with Crippen molar-refractivity contribution in [3.05, 3.63) is 36.5 Å². The fourth-order valence-electron chi connectivity index (χ4n) is 1.47. The molecule has 0 aromatic rings. The third-order valence-corrected chi connectivity index (χ3v) is 11.1. The van der Waals surface area contributed by atoms with Crippen molar-refractivity contribution in [1.29, 1.82) is 0 Å². The molecule has 0 aliphatic carbocycles. The van der Waals surface area contributed by atoms with Gasteiger partial charge in [-0.25, -0.2) is 0 Å². The topological polar surface area (TPSA) is 0 Å². The van der Waals surface area contributed by atoms with Crippen LogP contribution in [0.15, 0.2) is 36.5 Å². The van der Waals surface area contributed by atoms with E-state index < -0.39 is 19.8 Å². The summed E-state index contributed by atoms with van der Waals surface area (Å²) in [5, 5.41) is 0. The quantitative estimate of drug-likeness (QED) is 0.506. The van der Waals surface area contributed by atoms with Crippen LogP contribution in [-0.2, 0) is 0 Å². The van der Waals surface area contributed by atoms with E-state index in [0.717, 1.165) is 0 Å². The molecule has 0 bridgehead atoms. The standard InChI is InChI=1S/3C4H7.Sn/c3*1-4(2)3;/h3*1-2H2,3H3;/q;;;+1. The van der Waals surface area contributed by atoms with Crippen LogP contribution in [0, 0.1) is 0 Å². The number of hydrogen-bond donors (Lipinski definition) is 0. The maximum absolute atomic E-state index is 4.00. The predicted octanol–water partition coefficient (Wildman–Crippen LogP) is 4.21. The van der Waals surface area contributed by atoms with Crippen molar-refractivity contribution < 1.29 is 0 Å². The van der Waals surface area contributed by atoms with Gasteiger partial charge >= 0.3 is 90.3 Å². The van der Waals surface area contributed by atoms with E-state index in [4.69, 9.17) is 0 Å². The first-order valence-electron chi connectivity index (χ1n) is 4.68. The van der Waals surface area contributed by atoms with Crippen LogP contribution in [0.25, 0.3) is 0 Å². The zero-order valence-corrected chi connectivity index (χ0v) is 12.1. The SMILES string of the molecule is C=C(C)[CH2][Sn+]([CH2]C(=C)C)[CH2]C(=C)C. The summed E-state index contributed by atoms with van der Waals surface area (Å²) in [6.45, 7) is 18.4. The Labute approximate surface area is 90.2 Å². The summed E-state index contributed by atoms with van der Waals surface area (Å²) >= 11 is -1.27. The average molecular weight is 284 g/mol. The third kappa shape index (κ3) is 8.35. The molecule has 0 saturated carbocycles. The molecule has 0 aliphatic rings. The normalized spacial score (nSPS) is 9.46. The van der Waals surface area contributed by atoms with E-state index >= 15 is 0 Å². The first kappa shape index (κ1) is 13.0. The fourth-order valence-corrected chi connectivity index (χ4v) is 9.85. The van der Waals surface area contributed by atoms with Crippen molar-refractivity contribution in [3.8, 4) is 0 Å². The molecule has 0 radical (unpaired) electrons. The van der Waals surface area contributed by atoms with Crippen molar-refractivity contribution in [3.63, 3.8) is 0 Å². The zero-order chi connectivity index (χ0) is 10.4. The van der Waals surface area contributed by atoms with Crippen LogP contribution in [0.5, 0.6) is 0 Å². The van der Waals surface area contributed by atoms with E-state index in [9.17, 15) is 0 Å². The van der Waals surface area contributed by atoms with Gasteiger partial charge in [0.1, 0.15) is 0 Å². The van der Waals surface area contributed by atoms with Crippen molar-refractivity contribution in [1.82, 2.24) is 0 Å². The number of allylic oxidation sites excluding steroid dienone is 3. The fraction of sp³-hybridized carbons (Fsp3) is 0.500. The van der Waals surface area contributed by atoms with Gasteiger partial charge in [0.15, 0.2) is 0 Å². The molecule has 0 rings (SSSR count). The molecule has 72 valence electrons. The molecule has 0 unspecified atom stereocenters. The van der Waals surface area contributed by atoms with Gasteiger partial charge in [-0.2, -0.15) is 0 Å². The summed E-state index contributed by atoms with van der Waals surface area (Å²) in [4.78, 5) is 0. The zero-order valence-electron chi connectivity index (χ0n) is 9.24. The van der Waals surface area contributed by atoms with E-state index in [0.29, 0.717) is 0 Å². The van der Waals surface area contributed by atoms with Gasteiger partial charge in [-0.15, -0.1) is 0 Å². The summed E-state index contributed by atoms with van der Waals surface area (Å²) in [5.41, 5.74) is 4.03. The minimum atomic E-state index is -1.27. The Morgan fingerprint density at radius 3 is 1.15 bits per heavy atom.